The minimum absolute atomic E-state index is 0.125. The molecular formula is C21H24BNO3. The van der Waals surface area contributed by atoms with Gasteiger partial charge >= 0.3 is 6.09 Å². The molecule has 4 nitrogen and oxygen atoms in total. The van der Waals surface area contributed by atoms with Gasteiger partial charge in [-0.05, 0) is 30.4 Å². The lowest BCUT2D eigenvalue weighted by Gasteiger charge is -2.23. The molecule has 1 saturated heterocycles. The van der Waals surface area contributed by atoms with Crippen LogP contribution in [0.3, 0.4) is 0 Å². The van der Waals surface area contributed by atoms with Crippen molar-refractivity contribution in [1.29, 1.82) is 0 Å². The number of hydrogen-bond acceptors (Lipinski definition) is 3. The molecule has 134 valence electrons. The van der Waals surface area contributed by atoms with Crippen LogP contribution in [0.25, 0.3) is 0 Å². The number of hydrogen-bond donors (Lipinski definition) is 0. The van der Waals surface area contributed by atoms with Crippen LogP contribution in [-0.2, 0) is 22.6 Å². The molecule has 3 rings (SSSR count). The van der Waals surface area contributed by atoms with E-state index < -0.39 is 0 Å². The van der Waals surface area contributed by atoms with Crippen molar-refractivity contribution in [2.24, 2.45) is 0 Å². The second-order valence-electron chi connectivity index (χ2n) is 6.84. The van der Waals surface area contributed by atoms with Gasteiger partial charge in [-0.3, -0.25) is 9.69 Å². The second kappa shape index (κ2) is 8.70. The third-order valence-electron chi connectivity index (χ3n) is 4.84. The summed E-state index contributed by atoms with van der Waals surface area (Å²) in [5.41, 5.74) is 3.31. The molecule has 0 aromatic heterocycles. The van der Waals surface area contributed by atoms with Crippen molar-refractivity contribution in [3.63, 3.8) is 0 Å². The average molecular weight is 349 g/mol. The highest BCUT2D eigenvalue weighted by atomic mass is 16.6. The first-order valence-electron chi connectivity index (χ1n) is 9.19. The fourth-order valence-corrected chi connectivity index (χ4v) is 3.31. The largest absolute Gasteiger partial charge is 0.445 e. The standard InChI is InChI=1S/C21H24BNO3/c22-18-11-8-16(9-12-18)10-13-20(24)19-7-4-14-23(19)21(25)26-15-17-5-2-1-3-6-17/h1-3,5-6,8-9,11-12,19H,4,7,10,13-15,22H2/t19-/m0/s1. The van der Waals surface area contributed by atoms with E-state index in [9.17, 15) is 9.59 Å². The van der Waals surface area contributed by atoms with Crippen LogP contribution >= 0.6 is 0 Å². The lowest BCUT2D eigenvalue weighted by Crippen LogP contribution is -2.40. The Labute approximate surface area is 155 Å². The zero-order valence-electron chi connectivity index (χ0n) is 15.2. The van der Waals surface area contributed by atoms with E-state index in [-0.39, 0.29) is 24.5 Å². The minimum atomic E-state index is -0.389. The van der Waals surface area contributed by atoms with E-state index in [2.05, 4.69) is 24.3 Å². The van der Waals surface area contributed by atoms with Gasteiger partial charge in [-0.25, -0.2) is 4.79 Å². The first-order valence-corrected chi connectivity index (χ1v) is 9.19. The van der Waals surface area contributed by atoms with Crippen molar-refractivity contribution >= 4 is 25.2 Å². The number of carbonyl (C=O) groups excluding carboxylic acids is 2. The fourth-order valence-electron chi connectivity index (χ4n) is 3.31. The number of nitrogens with zero attached hydrogens (tertiary/aromatic N) is 1. The van der Waals surface area contributed by atoms with Gasteiger partial charge in [-0.1, -0.05) is 60.1 Å². The van der Waals surface area contributed by atoms with Crippen molar-refractivity contribution in [3.05, 3.63) is 65.7 Å². The van der Waals surface area contributed by atoms with E-state index in [4.69, 9.17) is 4.74 Å². The van der Waals surface area contributed by atoms with Crippen LogP contribution in [0.2, 0.25) is 0 Å². The summed E-state index contributed by atoms with van der Waals surface area (Å²) in [5.74, 6) is 0.125. The first kappa shape index (κ1) is 18.2. The number of aryl methyl sites for hydroxylation is 1. The van der Waals surface area contributed by atoms with E-state index in [0.717, 1.165) is 24.0 Å². The van der Waals surface area contributed by atoms with Gasteiger partial charge in [0, 0.05) is 13.0 Å². The molecule has 1 aliphatic rings. The van der Waals surface area contributed by atoms with Gasteiger partial charge in [0.1, 0.15) is 14.5 Å². The maximum atomic E-state index is 12.6. The molecule has 1 atom stereocenters. The van der Waals surface area contributed by atoms with Crippen molar-refractivity contribution in [3.8, 4) is 0 Å². The predicted molar refractivity (Wildman–Crippen MR) is 104 cm³/mol. The van der Waals surface area contributed by atoms with E-state index >= 15 is 0 Å². The molecular weight excluding hydrogens is 325 g/mol. The molecule has 0 bridgehead atoms. The Kier molecular flexibility index (Phi) is 6.10. The highest BCUT2D eigenvalue weighted by Gasteiger charge is 2.34. The van der Waals surface area contributed by atoms with Gasteiger partial charge in [0.05, 0.1) is 6.04 Å². The maximum Gasteiger partial charge on any atom is 0.410 e. The van der Waals surface area contributed by atoms with Crippen molar-refractivity contribution < 1.29 is 14.3 Å². The SMILES string of the molecule is Bc1ccc(CCC(=O)[C@@H]2CCCN2C(=O)OCc2ccccc2)cc1. The molecule has 0 unspecified atom stereocenters. The molecule has 0 N–H and O–H groups in total. The Morgan fingerprint density at radius 1 is 1.04 bits per heavy atom. The van der Waals surface area contributed by atoms with Crippen LogP contribution < -0.4 is 5.46 Å². The Hall–Kier alpha value is -2.56. The van der Waals surface area contributed by atoms with E-state index in [0.29, 0.717) is 19.4 Å². The van der Waals surface area contributed by atoms with E-state index in [1.54, 1.807) is 4.90 Å². The van der Waals surface area contributed by atoms with Gasteiger partial charge in [-0.15, -0.1) is 0 Å². The summed E-state index contributed by atoms with van der Waals surface area (Å²) in [6.07, 6.45) is 2.35. The number of Topliss-reactive ketones (excluding diaryl/α,β-unsaturated/α-hetero) is 1. The molecule has 1 aliphatic heterocycles. The molecule has 0 saturated carbocycles. The molecule has 0 radical (unpaired) electrons. The number of ether oxygens (including phenoxy) is 1. The molecule has 0 aliphatic carbocycles. The van der Waals surface area contributed by atoms with Gasteiger partial charge < -0.3 is 4.74 Å². The second-order valence-corrected chi connectivity index (χ2v) is 6.84. The monoisotopic (exact) mass is 349 g/mol. The minimum Gasteiger partial charge on any atom is -0.445 e. The summed E-state index contributed by atoms with van der Waals surface area (Å²) >= 11 is 0. The summed E-state index contributed by atoms with van der Waals surface area (Å²) in [6, 6.07) is 17.5. The third kappa shape index (κ3) is 4.75. The lowest BCUT2D eigenvalue weighted by molar-refractivity contribution is -0.123. The molecule has 5 heteroatoms. The van der Waals surface area contributed by atoms with Gasteiger partial charge in [0.25, 0.3) is 0 Å². The summed E-state index contributed by atoms with van der Waals surface area (Å²) in [4.78, 5) is 26.6. The Bertz CT molecular complexity index is 746. The normalized spacial score (nSPS) is 16.5. The van der Waals surface area contributed by atoms with Crippen LogP contribution in [0.15, 0.2) is 54.6 Å². The molecule has 1 heterocycles. The Balaban J connectivity index is 1.52. The Morgan fingerprint density at radius 3 is 2.50 bits per heavy atom. The van der Waals surface area contributed by atoms with Crippen LogP contribution in [0, 0.1) is 0 Å². The number of benzene rings is 2. The zero-order valence-corrected chi connectivity index (χ0v) is 15.2. The molecule has 1 amide bonds. The van der Waals surface area contributed by atoms with Crippen LogP contribution in [0.1, 0.15) is 30.4 Å². The molecule has 26 heavy (non-hydrogen) atoms. The molecule has 2 aromatic rings. The van der Waals surface area contributed by atoms with Crippen LogP contribution in [-0.4, -0.2) is 37.2 Å². The molecule has 0 spiro atoms. The number of amides is 1. The van der Waals surface area contributed by atoms with Crippen LogP contribution in [0.5, 0.6) is 0 Å². The molecule has 2 aromatic carbocycles. The lowest BCUT2D eigenvalue weighted by atomic mass is 9.94. The number of carbonyl (C=O) groups is 2. The topological polar surface area (TPSA) is 46.6 Å². The summed E-state index contributed by atoms with van der Waals surface area (Å²) < 4.78 is 5.40. The highest BCUT2D eigenvalue weighted by molar-refractivity contribution is 6.32. The first-order chi connectivity index (χ1) is 12.6. The maximum absolute atomic E-state index is 12.6. The van der Waals surface area contributed by atoms with E-state index in [1.807, 2.05) is 38.2 Å². The van der Waals surface area contributed by atoms with Gasteiger partial charge in [-0.2, -0.15) is 0 Å². The Morgan fingerprint density at radius 2 is 1.77 bits per heavy atom. The van der Waals surface area contributed by atoms with Gasteiger partial charge in [0.15, 0.2) is 5.78 Å². The summed E-state index contributed by atoms with van der Waals surface area (Å²) in [5, 5.41) is 0. The number of likely N-dealkylation sites (tertiary alicyclic amines) is 1. The number of rotatable bonds is 6. The fraction of sp³-hybridized carbons (Fsp3) is 0.333. The smallest absolute Gasteiger partial charge is 0.410 e. The summed E-state index contributed by atoms with van der Waals surface area (Å²) in [7, 11) is 2.05. The quantitative estimate of drug-likeness (QED) is 0.752. The zero-order chi connectivity index (χ0) is 18.4. The van der Waals surface area contributed by atoms with E-state index in [1.165, 1.54) is 5.46 Å². The van der Waals surface area contributed by atoms with Crippen molar-refractivity contribution in [2.75, 3.05) is 6.54 Å². The summed E-state index contributed by atoms with van der Waals surface area (Å²) in [6.45, 7) is 0.828. The highest BCUT2D eigenvalue weighted by Crippen LogP contribution is 2.21. The van der Waals surface area contributed by atoms with Crippen molar-refractivity contribution in [1.82, 2.24) is 4.90 Å². The van der Waals surface area contributed by atoms with Crippen LogP contribution in [0.4, 0.5) is 4.79 Å². The van der Waals surface area contributed by atoms with Crippen molar-refractivity contribution in [2.45, 2.75) is 38.3 Å². The average Bonchev–Trinajstić information content (AvgIpc) is 3.16. The predicted octanol–water partition coefficient (Wildman–Crippen LogP) is 2.25. The third-order valence-corrected chi connectivity index (χ3v) is 4.84. The molecule has 1 fully saturated rings. The number of ketones is 1. The van der Waals surface area contributed by atoms with Gasteiger partial charge in [0.2, 0.25) is 0 Å².